The van der Waals surface area contributed by atoms with Crippen molar-refractivity contribution in [2.45, 2.75) is 0 Å². The van der Waals surface area contributed by atoms with E-state index in [1.54, 1.807) is 0 Å². The van der Waals surface area contributed by atoms with E-state index in [9.17, 15) is 14.5 Å². The monoisotopic (exact) mass is 347 g/mol. The molecular weight excluding hydrogens is 344 g/mol. The Bertz CT molecular complexity index is 656. The Labute approximate surface area is 119 Å². The molecule has 0 unspecified atom stereocenters. The lowest BCUT2D eigenvalue weighted by molar-refractivity contribution is -0.386. The van der Waals surface area contributed by atoms with Gasteiger partial charge in [-0.2, -0.15) is 4.98 Å². The fourth-order valence-electron chi connectivity index (χ4n) is 1.20. The molecule has 0 amide bonds. The molecule has 0 atom stereocenters. The molecule has 2 rings (SSSR count). The molecule has 1 heterocycles. The van der Waals surface area contributed by atoms with Gasteiger partial charge in [0.15, 0.2) is 0 Å². The van der Waals surface area contributed by atoms with Gasteiger partial charge in [0.2, 0.25) is 5.28 Å². The Balaban J connectivity index is 2.45. The number of hydrogen-bond acceptors (Lipinski definition) is 5. The van der Waals surface area contributed by atoms with Crippen LogP contribution >= 0.6 is 27.5 Å². The summed E-state index contributed by atoms with van der Waals surface area (Å²) in [5, 5.41) is 10.6. The van der Waals surface area contributed by atoms with Crippen LogP contribution in [0.15, 0.2) is 28.9 Å². The number of nitrogens with zero attached hydrogens (tertiary/aromatic N) is 3. The van der Waals surface area contributed by atoms with Gasteiger partial charge in [0.25, 0.3) is 0 Å². The first-order valence-corrected chi connectivity index (χ1v) is 5.94. The van der Waals surface area contributed by atoms with Crippen molar-refractivity contribution in [2.24, 2.45) is 0 Å². The SMILES string of the molecule is O=[N+]([O-])c1cnc(Cl)nc1Oc1cc(F)ccc1Br. The van der Waals surface area contributed by atoms with Gasteiger partial charge in [-0.1, -0.05) is 0 Å². The van der Waals surface area contributed by atoms with Gasteiger partial charge in [-0.05, 0) is 39.7 Å². The largest absolute Gasteiger partial charge is 0.432 e. The Morgan fingerprint density at radius 1 is 1.47 bits per heavy atom. The van der Waals surface area contributed by atoms with Gasteiger partial charge in [0.1, 0.15) is 17.8 Å². The van der Waals surface area contributed by atoms with Gasteiger partial charge in [-0.15, -0.1) is 0 Å². The molecule has 98 valence electrons. The van der Waals surface area contributed by atoms with Gasteiger partial charge in [0, 0.05) is 6.07 Å². The topological polar surface area (TPSA) is 78.2 Å². The van der Waals surface area contributed by atoms with Gasteiger partial charge in [-0.3, -0.25) is 10.1 Å². The van der Waals surface area contributed by atoms with Crippen LogP contribution < -0.4 is 4.74 Å². The lowest BCUT2D eigenvalue weighted by Gasteiger charge is -2.07. The summed E-state index contributed by atoms with van der Waals surface area (Å²) in [4.78, 5) is 17.2. The van der Waals surface area contributed by atoms with Crippen molar-refractivity contribution >= 4 is 33.2 Å². The molecule has 0 fully saturated rings. The molecule has 1 aromatic carbocycles. The summed E-state index contributed by atoms with van der Waals surface area (Å²) >= 11 is 8.68. The molecule has 2 aromatic rings. The third-order valence-corrected chi connectivity index (χ3v) is 2.84. The highest BCUT2D eigenvalue weighted by atomic mass is 79.9. The number of nitro groups is 1. The fourth-order valence-corrected chi connectivity index (χ4v) is 1.65. The van der Waals surface area contributed by atoms with Crippen LogP contribution in [-0.4, -0.2) is 14.9 Å². The summed E-state index contributed by atoms with van der Waals surface area (Å²) in [6.45, 7) is 0. The molecule has 19 heavy (non-hydrogen) atoms. The fraction of sp³-hybridized carbons (Fsp3) is 0. The standard InChI is InChI=1S/C10H4BrClFN3O3/c11-6-2-1-5(13)3-8(6)19-9-7(16(17)18)4-14-10(12)15-9/h1-4H. The summed E-state index contributed by atoms with van der Waals surface area (Å²) in [7, 11) is 0. The normalized spacial score (nSPS) is 10.3. The molecule has 0 aliphatic carbocycles. The highest BCUT2D eigenvalue weighted by molar-refractivity contribution is 9.10. The van der Waals surface area contributed by atoms with Gasteiger partial charge in [-0.25, -0.2) is 9.37 Å². The first-order valence-electron chi connectivity index (χ1n) is 4.77. The summed E-state index contributed by atoms with van der Waals surface area (Å²) < 4.78 is 18.7. The molecular formula is C10H4BrClFN3O3. The molecule has 0 N–H and O–H groups in total. The first-order chi connectivity index (χ1) is 8.97. The van der Waals surface area contributed by atoms with Crippen LogP contribution in [0.2, 0.25) is 5.28 Å². The van der Waals surface area contributed by atoms with Crippen molar-refractivity contribution in [1.82, 2.24) is 9.97 Å². The minimum Gasteiger partial charge on any atom is -0.432 e. The van der Waals surface area contributed by atoms with Crippen molar-refractivity contribution in [3.63, 3.8) is 0 Å². The zero-order chi connectivity index (χ0) is 14.0. The van der Waals surface area contributed by atoms with Crippen molar-refractivity contribution in [3.05, 3.63) is 50.1 Å². The van der Waals surface area contributed by atoms with Crippen LogP contribution in [0.25, 0.3) is 0 Å². The quantitative estimate of drug-likeness (QED) is 0.480. The Kier molecular flexibility index (Phi) is 3.91. The number of rotatable bonds is 3. The second kappa shape index (κ2) is 5.45. The first kappa shape index (κ1) is 13.6. The number of hydrogen-bond donors (Lipinski definition) is 0. The average Bonchev–Trinajstić information content (AvgIpc) is 2.33. The van der Waals surface area contributed by atoms with Crippen molar-refractivity contribution < 1.29 is 14.1 Å². The second-order valence-corrected chi connectivity index (χ2v) is 4.46. The summed E-state index contributed by atoms with van der Waals surface area (Å²) in [6.07, 6.45) is 0.915. The summed E-state index contributed by atoms with van der Waals surface area (Å²) in [6, 6.07) is 3.67. The summed E-state index contributed by atoms with van der Waals surface area (Å²) in [5.41, 5.74) is -0.472. The molecule has 0 aliphatic heterocycles. The van der Waals surface area contributed by atoms with Crippen LogP contribution in [0, 0.1) is 15.9 Å². The molecule has 6 nitrogen and oxygen atoms in total. The maximum atomic E-state index is 13.1. The van der Waals surface area contributed by atoms with E-state index in [-0.39, 0.29) is 16.9 Å². The molecule has 0 radical (unpaired) electrons. The van der Waals surface area contributed by atoms with E-state index in [1.165, 1.54) is 12.1 Å². The predicted molar refractivity (Wildman–Crippen MR) is 67.9 cm³/mol. The summed E-state index contributed by atoms with van der Waals surface area (Å²) in [5.74, 6) is -0.879. The smallest absolute Gasteiger partial charge is 0.349 e. The zero-order valence-corrected chi connectivity index (χ0v) is 11.4. The number of ether oxygens (including phenoxy) is 1. The van der Waals surface area contributed by atoms with Crippen molar-refractivity contribution in [3.8, 4) is 11.6 Å². The Hall–Kier alpha value is -1.80. The molecule has 0 saturated heterocycles. The maximum Gasteiger partial charge on any atom is 0.349 e. The van der Waals surface area contributed by atoms with Crippen LogP contribution in [-0.2, 0) is 0 Å². The van der Waals surface area contributed by atoms with E-state index < -0.39 is 16.4 Å². The molecule has 0 aliphatic rings. The minimum absolute atomic E-state index is 0.0397. The van der Waals surface area contributed by atoms with E-state index in [4.69, 9.17) is 16.3 Å². The highest BCUT2D eigenvalue weighted by Gasteiger charge is 2.20. The predicted octanol–water partition coefficient (Wildman–Crippen LogP) is 3.73. The number of aromatic nitrogens is 2. The number of benzene rings is 1. The molecule has 0 saturated carbocycles. The van der Waals surface area contributed by atoms with Gasteiger partial charge in [0.05, 0.1) is 9.40 Å². The van der Waals surface area contributed by atoms with E-state index in [2.05, 4.69) is 25.9 Å². The van der Waals surface area contributed by atoms with E-state index >= 15 is 0 Å². The maximum absolute atomic E-state index is 13.1. The van der Waals surface area contributed by atoms with Crippen LogP contribution in [0.3, 0.4) is 0 Å². The van der Waals surface area contributed by atoms with E-state index in [0.29, 0.717) is 4.47 Å². The number of halogens is 3. The second-order valence-electron chi connectivity index (χ2n) is 3.26. The third kappa shape index (κ3) is 3.15. The van der Waals surface area contributed by atoms with Crippen molar-refractivity contribution in [2.75, 3.05) is 0 Å². The Morgan fingerprint density at radius 2 is 2.21 bits per heavy atom. The van der Waals surface area contributed by atoms with Crippen molar-refractivity contribution in [1.29, 1.82) is 0 Å². The lowest BCUT2D eigenvalue weighted by atomic mass is 10.3. The van der Waals surface area contributed by atoms with Crippen LogP contribution in [0.1, 0.15) is 0 Å². The Morgan fingerprint density at radius 3 is 2.89 bits per heavy atom. The van der Waals surface area contributed by atoms with E-state index in [1.807, 2.05) is 0 Å². The minimum atomic E-state index is -0.723. The molecule has 1 aromatic heterocycles. The van der Waals surface area contributed by atoms with Crippen LogP contribution in [0.4, 0.5) is 10.1 Å². The van der Waals surface area contributed by atoms with E-state index in [0.717, 1.165) is 12.3 Å². The zero-order valence-electron chi connectivity index (χ0n) is 9.01. The van der Waals surface area contributed by atoms with Crippen LogP contribution in [0.5, 0.6) is 11.6 Å². The van der Waals surface area contributed by atoms with Gasteiger partial charge < -0.3 is 4.74 Å². The molecule has 0 bridgehead atoms. The third-order valence-electron chi connectivity index (χ3n) is 2.00. The lowest BCUT2D eigenvalue weighted by Crippen LogP contribution is -1.98. The average molecular weight is 349 g/mol. The molecule has 0 spiro atoms. The highest BCUT2D eigenvalue weighted by Crippen LogP contribution is 2.34. The molecule has 9 heteroatoms. The van der Waals surface area contributed by atoms with Gasteiger partial charge >= 0.3 is 11.6 Å².